The van der Waals surface area contributed by atoms with Crippen LogP contribution >= 0.6 is 11.8 Å². The van der Waals surface area contributed by atoms with Crippen molar-refractivity contribution in [3.05, 3.63) is 90.6 Å². The molecule has 1 N–H and O–H groups in total. The Kier molecular flexibility index (Phi) is 5.27. The molecule has 0 aliphatic rings. The Morgan fingerprint density at radius 2 is 1.56 bits per heavy atom. The van der Waals surface area contributed by atoms with Gasteiger partial charge in [0.05, 0.1) is 6.10 Å². The van der Waals surface area contributed by atoms with Crippen molar-refractivity contribution in [1.29, 1.82) is 0 Å². The number of nitrogens with zero attached hydrogens (tertiary/aromatic N) is 4. The van der Waals surface area contributed by atoms with Crippen molar-refractivity contribution in [1.82, 2.24) is 19.7 Å². The second kappa shape index (κ2) is 8.16. The molecule has 0 spiro atoms. The van der Waals surface area contributed by atoms with Gasteiger partial charge < -0.3 is 5.11 Å². The molecule has 2 heterocycles. The molecule has 2 aromatic carbocycles. The number of hydrogen-bond acceptors (Lipinski definition) is 5. The zero-order valence-corrected chi connectivity index (χ0v) is 15.3. The van der Waals surface area contributed by atoms with Crippen LogP contribution in [0.1, 0.15) is 11.7 Å². The molecular formula is C21H18N4OS. The minimum absolute atomic E-state index is 0.483. The maximum Gasteiger partial charge on any atom is 0.196 e. The topological polar surface area (TPSA) is 63.8 Å². The van der Waals surface area contributed by atoms with Crippen molar-refractivity contribution in [3.63, 3.8) is 0 Å². The molecule has 0 saturated carbocycles. The van der Waals surface area contributed by atoms with Gasteiger partial charge in [-0.15, -0.1) is 10.2 Å². The maximum atomic E-state index is 10.5. The molecule has 4 rings (SSSR count). The number of aliphatic hydroxyl groups excluding tert-OH is 1. The van der Waals surface area contributed by atoms with Crippen LogP contribution in [0, 0.1) is 0 Å². The van der Waals surface area contributed by atoms with Crippen LogP contribution in [0.15, 0.2) is 90.2 Å². The highest BCUT2D eigenvalue weighted by Gasteiger charge is 2.18. The summed E-state index contributed by atoms with van der Waals surface area (Å²) in [6.45, 7) is 0. The molecular weight excluding hydrogens is 356 g/mol. The largest absolute Gasteiger partial charge is 0.388 e. The van der Waals surface area contributed by atoms with Crippen LogP contribution in [0.4, 0.5) is 0 Å². The number of aliphatic hydroxyl groups is 1. The number of pyridine rings is 1. The first kappa shape index (κ1) is 17.5. The van der Waals surface area contributed by atoms with E-state index in [0.717, 1.165) is 22.1 Å². The van der Waals surface area contributed by atoms with Crippen molar-refractivity contribution in [2.45, 2.75) is 11.3 Å². The van der Waals surface area contributed by atoms with Gasteiger partial charge in [0.15, 0.2) is 11.0 Å². The first-order valence-electron chi connectivity index (χ1n) is 8.61. The monoisotopic (exact) mass is 374 g/mol. The summed E-state index contributed by atoms with van der Waals surface area (Å²) < 4.78 is 1.98. The lowest BCUT2D eigenvalue weighted by Crippen LogP contribution is -2.04. The van der Waals surface area contributed by atoms with Crippen molar-refractivity contribution in [3.8, 4) is 17.2 Å². The quantitative estimate of drug-likeness (QED) is 0.514. The highest BCUT2D eigenvalue weighted by atomic mass is 32.2. The molecule has 1 atom stereocenters. The molecule has 0 fully saturated rings. The van der Waals surface area contributed by atoms with Gasteiger partial charge >= 0.3 is 0 Å². The third kappa shape index (κ3) is 3.92. The van der Waals surface area contributed by atoms with E-state index in [-0.39, 0.29) is 0 Å². The number of hydrogen-bond donors (Lipinski definition) is 1. The fourth-order valence-corrected chi connectivity index (χ4v) is 3.68. The molecule has 0 bridgehead atoms. The van der Waals surface area contributed by atoms with E-state index in [1.165, 1.54) is 11.8 Å². The van der Waals surface area contributed by atoms with Gasteiger partial charge in [-0.2, -0.15) is 0 Å². The number of aromatic nitrogens is 4. The second-order valence-electron chi connectivity index (χ2n) is 5.93. The number of rotatable bonds is 6. The Morgan fingerprint density at radius 3 is 2.26 bits per heavy atom. The standard InChI is InChI=1S/C21H18N4OS/c26-19(16-9-3-1-4-10-16)15-27-21-24-23-20(18-13-7-8-14-22-18)25(21)17-11-5-2-6-12-17/h1-14,19,26H,15H2. The van der Waals surface area contributed by atoms with E-state index in [4.69, 9.17) is 0 Å². The third-order valence-electron chi connectivity index (χ3n) is 4.10. The molecule has 5 nitrogen and oxygen atoms in total. The Hall–Kier alpha value is -2.96. The lowest BCUT2D eigenvalue weighted by Gasteiger charge is -2.12. The molecule has 134 valence electrons. The second-order valence-corrected chi connectivity index (χ2v) is 6.92. The van der Waals surface area contributed by atoms with Crippen LogP contribution in [-0.4, -0.2) is 30.6 Å². The highest BCUT2D eigenvalue weighted by molar-refractivity contribution is 7.99. The predicted octanol–water partition coefficient (Wildman–Crippen LogP) is 4.16. The minimum Gasteiger partial charge on any atom is -0.388 e. The van der Waals surface area contributed by atoms with Crippen molar-refractivity contribution >= 4 is 11.8 Å². The van der Waals surface area contributed by atoms with Crippen LogP contribution in [-0.2, 0) is 0 Å². The zero-order valence-electron chi connectivity index (χ0n) is 14.5. The first-order valence-corrected chi connectivity index (χ1v) is 9.59. The van der Waals surface area contributed by atoms with E-state index in [1.54, 1.807) is 6.20 Å². The average molecular weight is 374 g/mol. The maximum absolute atomic E-state index is 10.5. The van der Waals surface area contributed by atoms with Crippen molar-refractivity contribution in [2.75, 3.05) is 5.75 Å². The molecule has 0 aliphatic carbocycles. The van der Waals surface area contributed by atoms with Gasteiger partial charge in [-0.25, -0.2) is 0 Å². The summed E-state index contributed by atoms with van der Waals surface area (Å²) in [5, 5.41) is 19.9. The van der Waals surface area contributed by atoms with Crippen LogP contribution < -0.4 is 0 Å². The Balaban J connectivity index is 1.66. The molecule has 2 aromatic heterocycles. The fourth-order valence-electron chi connectivity index (χ4n) is 2.76. The third-order valence-corrected chi connectivity index (χ3v) is 5.10. The lowest BCUT2D eigenvalue weighted by molar-refractivity contribution is 0.204. The predicted molar refractivity (Wildman–Crippen MR) is 107 cm³/mol. The Labute approximate surface area is 161 Å². The van der Waals surface area contributed by atoms with E-state index >= 15 is 0 Å². The van der Waals surface area contributed by atoms with E-state index in [1.807, 2.05) is 83.4 Å². The molecule has 6 heteroatoms. The molecule has 27 heavy (non-hydrogen) atoms. The summed E-state index contributed by atoms with van der Waals surface area (Å²) in [6, 6.07) is 25.3. The summed E-state index contributed by atoms with van der Waals surface area (Å²) in [7, 11) is 0. The lowest BCUT2D eigenvalue weighted by atomic mass is 10.1. The van der Waals surface area contributed by atoms with Gasteiger partial charge in [0.2, 0.25) is 0 Å². The molecule has 1 unspecified atom stereocenters. The molecule has 0 saturated heterocycles. The molecule has 4 aromatic rings. The van der Waals surface area contributed by atoms with Gasteiger partial charge in [-0.3, -0.25) is 9.55 Å². The van der Waals surface area contributed by atoms with Gasteiger partial charge in [0.1, 0.15) is 5.69 Å². The van der Waals surface area contributed by atoms with Gasteiger partial charge in [-0.05, 0) is 29.8 Å². The van der Waals surface area contributed by atoms with E-state index in [0.29, 0.717) is 11.6 Å². The Morgan fingerprint density at radius 1 is 0.852 bits per heavy atom. The first-order chi connectivity index (χ1) is 13.3. The normalized spacial score (nSPS) is 12.0. The molecule has 0 amide bonds. The van der Waals surface area contributed by atoms with Crippen molar-refractivity contribution < 1.29 is 5.11 Å². The van der Waals surface area contributed by atoms with Crippen LogP contribution in [0.3, 0.4) is 0 Å². The van der Waals surface area contributed by atoms with Crippen LogP contribution in [0.2, 0.25) is 0 Å². The SMILES string of the molecule is OC(CSc1nnc(-c2ccccn2)n1-c1ccccc1)c1ccccc1. The number of thioether (sulfide) groups is 1. The summed E-state index contributed by atoms with van der Waals surface area (Å²) in [5.41, 5.74) is 2.60. The minimum atomic E-state index is -0.574. The summed E-state index contributed by atoms with van der Waals surface area (Å²) in [4.78, 5) is 4.41. The van der Waals surface area contributed by atoms with Crippen LogP contribution in [0.25, 0.3) is 17.2 Å². The molecule has 0 aliphatic heterocycles. The summed E-state index contributed by atoms with van der Waals surface area (Å²) >= 11 is 1.47. The van der Waals surface area contributed by atoms with Gasteiger partial charge in [-0.1, -0.05) is 66.4 Å². The summed E-state index contributed by atoms with van der Waals surface area (Å²) in [5.74, 6) is 1.16. The Bertz CT molecular complexity index is 991. The van der Waals surface area contributed by atoms with Crippen molar-refractivity contribution in [2.24, 2.45) is 0 Å². The summed E-state index contributed by atoms with van der Waals surface area (Å²) in [6.07, 6.45) is 1.17. The van der Waals surface area contributed by atoms with Gasteiger partial charge in [0, 0.05) is 17.6 Å². The zero-order chi connectivity index (χ0) is 18.5. The fraction of sp³-hybridized carbons (Fsp3) is 0.0952. The van der Waals surface area contributed by atoms with Crippen LogP contribution in [0.5, 0.6) is 0 Å². The number of para-hydroxylation sites is 1. The van der Waals surface area contributed by atoms with E-state index in [2.05, 4.69) is 15.2 Å². The smallest absolute Gasteiger partial charge is 0.196 e. The highest BCUT2D eigenvalue weighted by Crippen LogP contribution is 2.29. The number of benzene rings is 2. The molecule has 0 radical (unpaired) electrons. The van der Waals surface area contributed by atoms with E-state index < -0.39 is 6.10 Å². The van der Waals surface area contributed by atoms with E-state index in [9.17, 15) is 5.11 Å². The van der Waals surface area contributed by atoms with Gasteiger partial charge in [0.25, 0.3) is 0 Å². The average Bonchev–Trinajstić information content (AvgIpc) is 3.18.